The van der Waals surface area contributed by atoms with Gasteiger partial charge in [-0.1, -0.05) is 60.7 Å². The molecule has 152 valence electrons. The number of anilines is 1. The van der Waals surface area contributed by atoms with Crippen molar-refractivity contribution in [1.82, 2.24) is 5.32 Å². The maximum Gasteiger partial charge on any atom is 0.252 e. The Morgan fingerprint density at radius 2 is 1.73 bits per heavy atom. The molecule has 1 unspecified atom stereocenters. The minimum atomic E-state index is -0.123. The highest BCUT2D eigenvalue weighted by Gasteiger charge is 2.18. The van der Waals surface area contributed by atoms with Gasteiger partial charge in [-0.3, -0.25) is 9.59 Å². The molecule has 0 radical (unpaired) electrons. The Hall–Kier alpha value is -3.40. The van der Waals surface area contributed by atoms with Crippen molar-refractivity contribution < 1.29 is 9.59 Å². The first-order chi connectivity index (χ1) is 14.6. The molecule has 3 aromatic carbocycles. The van der Waals surface area contributed by atoms with E-state index >= 15 is 0 Å². The van der Waals surface area contributed by atoms with Gasteiger partial charge in [-0.25, -0.2) is 0 Å². The van der Waals surface area contributed by atoms with E-state index in [4.69, 9.17) is 0 Å². The molecule has 0 saturated heterocycles. The summed E-state index contributed by atoms with van der Waals surface area (Å²) in [5, 5.41) is 6.04. The maximum absolute atomic E-state index is 13.0. The molecule has 0 fully saturated rings. The Bertz CT molecular complexity index is 1060. The molecule has 4 rings (SSSR count). The third-order valence-corrected chi connectivity index (χ3v) is 5.66. The Morgan fingerprint density at radius 1 is 0.967 bits per heavy atom. The number of hydrogen-bond acceptors (Lipinski definition) is 2. The molecule has 2 amide bonds. The molecule has 1 heterocycles. The summed E-state index contributed by atoms with van der Waals surface area (Å²) in [6, 6.07) is 24.0. The summed E-state index contributed by atoms with van der Waals surface area (Å²) >= 11 is 0. The lowest BCUT2D eigenvalue weighted by Gasteiger charge is -2.21. The van der Waals surface area contributed by atoms with Crippen molar-refractivity contribution in [2.24, 2.45) is 0 Å². The van der Waals surface area contributed by atoms with Crippen molar-refractivity contribution >= 4 is 17.5 Å². The minimum Gasteiger partial charge on any atom is -0.346 e. The molecule has 0 spiro atoms. The fraction of sp³-hybridized carbons (Fsp3) is 0.231. The molecule has 30 heavy (non-hydrogen) atoms. The smallest absolute Gasteiger partial charge is 0.252 e. The summed E-state index contributed by atoms with van der Waals surface area (Å²) in [6.07, 6.45) is 2.96. The predicted octanol–water partition coefficient (Wildman–Crippen LogP) is 4.85. The lowest BCUT2D eigenvalue weighted by Crippen LogP contribution is -2.28. The zero-order chi connectivity index (χ0) is 20.9. The number of rotatable bonds is 6. The maximum atomic E-state index is 13.0. The normalized spacial score (nSPS) is 13.8. The molecule has 0 aliphatic carbocycles. The third-order valence-electron chi connectivity index (χ3n) is 5.66. The molecule has 1 aliphatic rings. The first kappa shape index (κ1) is 19.9. The Labute approximate surface area is 177 Å². The third kappa shape index (κ3) is 4.60. The largest absolute Gasteiger partial charge is 0.346 e. The Kier molecular flexibility index (Phi) is 5.94. The molecule has 0 bridgehead atoms. The van der Waals surface area contributed by atoms with Crippen LogP contribution >= 0.6 is 0 Å². The van der Waals surface area contributed by atoms with Crippen LogP contribution in [-0.2, 0) is 24.1 Å². The monoisotopic (exact) mass is 398 g/mol. The number of carbonyl (C=O) groups is 2. The van der Waals surface area contributed by atoms with Crippen LogP contribution in [0.3, 0.4) is 0 Å². The van der Waals surface area contributed by atoms with Crippen LogP contribution < -0.4 is 10.6 Å². The molecule has 1 aliphatic heterocycles. The molecule has 0 saturated carbocycles. The zero-order valence-electron chi connectivity index (χ0n) is 17.2. The Balaban J connectivity index is 1.45. The van der Waals surface area contributed by atoms with Gasteiger partial charge in [0.2, 0.25) is 5.91 Å². The van der Waals surface area contributed by atoms with Crippen LogP contribution in [0.25, 0.3) is 0 Å². The van der Waals surface area contributed by atoms with Crippen LogP contribution in [0.15, 0.2) is 72.8 Å². The average Bonchev–Trinajstić information content (AvgIpc) is 2.78. The van der Waals surface area contributed by atoms with E-state index in [0.717, 1.165) is 47.2 Å². The van der Waals surface area contributed by atoms with E-state index < -0.39 is 0 Å². The molecule has 4 nitrogen and oxygen atoms in total. The molecule has 4 heteroatoms. The van der Waals surface area contributed by atoms with Crippen molar-refractivity contribution in [2.45, 2.75) is 38.6 Å². The predicted molar refractivity (Wildman–Crippen MR) is 120 cm³/mol. The number of nitrogens with one attached hydrogen (secondary N) is 2. The van der Waals surface area contributed by atoms with E-state index in [1.54, 1.807) is 0 Å². The molecule has 0 aromatic heterocycles. The summed E-state index contributed by atoms with van der Waals surface area (Å²) in [7, 11) is 0. The molecule has 2 N–H and O–H groups in total. The van der Waals surface area contributed by atoms with Gasteiger partial charge in [-0.15, -0.1) is 0 Å². The van der Waals surface area contributed by atoms with Crippen LogP contribution in [0.1, 0.15) is 52.0 Å². The molecular weight excluding hydrogens is 372 g/mol. The highest BCUT2D eigenvalue weighted by atomic mass is 16.2. The van der Waals surface area contributed by atoms with Crippen LogP contribution in [0.5, 0.6) is 0 Å². The number of amides is 2. The summed E-state index contributed by atoms with van der Waals surface area (Å²) in [6.45, 7) is 1.99. The van der Waals surface area contributed by atoms with Crippen LogP contribution in [0, 0.1) is 0 Å². The number of aryl methyl sites for hydroxylation is 3. The second-order valence-corrected chi connectivity index (χ2v) is 7.80. The fourth-order valence-corrected chi connectivity index (χ4v) is 3.91. The van der Waals surface area contributed by atoms with Gasteiger partial charge >= 0.3 is 0 Å². The van der Waals surface area contributed by atoms with Gasteiger partial charge in [-0.05, 0) is 60.6 Å². The van der Waals surface area contributed by atoms with Crippen molar-refractivity contribution in [3.63, 3.8) is 0 Å². The summed E-state index contributed by atoms with van der Waals surface area (Å²) in [5.41, 5.74) is 6.09. The summed E-state index contributed by atoms with van der Waals surface area (Å²) < 4.78 is 0. The van der Waals surface area contributed by atoms with Gasteiger partial charge in [0.05, 0.1) is 6.04 Å². The fourth-order valence-electron chi connectivity index (χ4n) is 3.91. The minimum absolute atomic E-state index is 0.0582. The van der Waals surface area contributed by atoms with Crippen molar-refractivity contribution in [2.75, 3.05) is 5.32 Å². The lowest BCUT2D eigenvalue weighted by atomic mass is 9.97. The van der Waals surface area contributed by atoms with Gasteiger partial charge in [0, 0.05) is 17.7 Å². The Morgan fingerprint density at radius 3 is 2.57 bits per heavy atom. The van der Waals surface area contributed by atoms with E-state index in [2.05, 4.69) is 28.8 Å². The first-order valence-corrected chi connectivity index (χ1v) is 10.5. The zero-order valence-corrected chi connectivity index (χ0v) is 17.2. The quantitative estimate of drug-likeness (QED) is 0.624. The number of fused-ring (bicyclic) bond motifs is 1. The summed E-state index contributed by atoms with van der Waals surface area (Å²) in [5.74, 6) is 0.000830. The van der Waals surface area contributed by atoms with E-state index in [9.17, 15) is 9.59 Å². The van der Waals surface area contributed by atoms with Crippen LogP contribution in [-0.4, -0.2) is 11.8 Å². The topological polar surface area (TPSA) is 58.2 Å². The van der Waals surface area contributed by atoms with Gasteiger partial charge < -0.3 is 10.6 Å². The highest BCUT2D eigenvalue weighted by Crippen LogP contribution is 2.26. The van der Waals surface area contributed by atoms with Crippen molar-refractivity contribution in [3.8, 4) is 0 Å². The molecule has 3 aromatic rings. The van der Waals surface area contributed by atoms with Gasteiger partial charge in [0.1, 0.15) is 0 Å². The van der Waals surface area contributed by atoms with E-state index in [-0.39, 0.29) is 17.9 Å². The standard InChI is InChI=1S/C26H26N2O2/c1-18(21-13-15-24-22(17-21)14-16-25(29)28-24)27-26(30)23-10-6-5-9-20(23)12-11-19-7-3-2-4-8-19/h2-10,13,15,17-18H,11-12,14,16H2,1H3,(H,27,30)(H,28,29). The van der Waals surface area contributed by atoms with Crippen molar-refractivity contribution in [1.29, 1.82) is 0 Å². The van der Waals surface area contributed by atoms with E-state index in [1.807, 2.05) is 61.5 Å². The SMILES string of the molecule is CC(NC(=O)c1ccccc1CCc1ccccc1)c1ccc2c(c1)CCC(=O)N2. The number of carbonyl (C=O) groups excluding carboxylic acids is 2. The average molecular weight is 399 g/mol. The van der Waals surface area contributed by atoms with E-state index in [1.165, 1.54) is 5.56 Å². The van der Waals surface area contributed by atoms with Gasteiger partial charge in [0.25, 0.3) is 5.91 Å². The molecule has 1 atom stereocenters. The lowest BCUT2D eigenvalue weighted by molar-refractivity contribution is -0.116. The van der Waals surface area contributed by atoms with Gasteiger partial charge in [0.15, 0.2) is 0 Å². The highest BCUT2D eigenvalue weighted by molar-refractivity contribution is 5.96. The molecular formula is C26H26N2O2. The second-order valence-electron chi connectivity index (χ2n) is 7.80. The second kappa shape index (κ2) is 8.95. The van der Waals surface area contributed by atoms with E-state index in [0.29, 0.717) is 6.42 Å². The van der Waals surface area contributed by atoms with Crippen LogP contribution in [0.2, 0.25) is 0 Å². The van der Waals surface area contributed by atoms with Crippen molar-refractivity contribution in [3.05, 3.63) is 101 Å². The summed E-state index contributed by atoms with van der Waals surface area (Å²) in [4.78, 5) is 24.6. The van der Waals surface area contributed by atoms with Crippen LogP contribution in [0.4, 0.5) is 5.69 Å². The number of benzene rings is 3. The first-order valence-electron chi connectivity index (χ1n) is 10.5. The number of hydrogen-bond donors (Lipinski definition) is 2. The van der Waals surface area contributed by atoms with Gasteiger partial charge in [-0.2, -0.15) is 0 Å².